The molecule has 1 aromatic rings. The lowest BCUT2D eigenvalue weighted by Gasteiger charge is -2.11. The Morgan fingerprint density at radius 2 is 2.20 bits per heavy atom. The summed E-state index contributed by atoms with van der Waals surface area (Å²) in [6, 6.07) is 4.79. The smallest absolute Gasteiger partial charge is 0.387 e. The molecule has 0 heterocycles. The zero-order chi connectivity index (χ0) is 11.3. The van der Waals surface area contributed by atoms with Crippen LogP contribution in [0.5, 0.6) is 5.75 Å². The monoisotopic (exact) mass is 281 g/mol. The van der Waals surface area contributed by atoms with Gasteiger partial charge in [-0.15, -0.1) is 0 Å². The summed E-state index contributed by atoms with van der Waals surface area (Å²) in [5, 5.41) is 0. The lowest BCUT2D eigenvalue weighted by atomic mass is 10.2. The number of benzene rings is 1. The van der Waals surface area contributed by atoms with Crippen molar-refractivity contribution >= 4 is 15.9 Å². The molecule has 0 fully saturated rings. The highest BCUT2D eigenvalue weighted by molar-refractivity contribution is 9.10. The van der Waals surface area contributed by atoms with Crippen LogP contribution in [0.2, 0.25) is 0 Å². The van der Waals surface area contributed by atoms with Crippen LogP contribution in [-0.4, -0.2) is 13.7 Å². The Morgan fingerprint density at radius 3 is 2.80 bits per heavy atom. The molecule has 3 nitrogen and oxygen atoms in total. The fourth-order valence-electron chi connectivity index (χ4n) is 1.05. The van der Waals surface area contributed by atoms with E-state index >= 15 is 0 Å². The highest BCUT2D eigenvalue weighted by Crippen LogP contribution is 2.24. The van der Waals surface area contributed by atoms with Crippen molar-refractivity contribution in [2.75, 3.05) is 7.11 Å². The summed E-state index contributed by atoms with van der Waals surface area (Å²) >= 11 is 3.24. The van der Waals surface area contributed by atoms with Gasteiger partial charge in [0.1, 0.15) is 5.75 Å². The maximum absolute atomic E-state index is 12.0. The van der Waals surface area contributed by atoms with Gasteiger partial charge in [-0.1, -0.05) is 15.9 Å². The van der Waals surface area contributed by atoms with Crippen LogP contribution in [0, 0.1) is 0 Å². The summed E-state index contributed by atoms with van der Waals surface area (Å²) in [5.74, 6) is 0.137. The Kier molecular flexibility index (Phi) is 4.93. The third-order valence-corrected chi connectivity index (χ3v) is 2.14. The van der Waals surface area contributed by atoms with E-state index in [2.05, 4.69) is 31.0 Å². The van der Waals surface area contributed by atoms with Crippen LogP contribution < -0.4 is 10.2 Å². The summed E-state index contributed by atoms with van der Waals surface area (Å²) in [5.41, 5.74) is 3.15. The average molecular weight is 282 g/mol. The number of hydrogen-bond acceptors (Lipinski definition) is 3. The van der Waals surface area contributed by atoms with Gasteiger partial charge < -0.3 is 9.57 Å². The van der Waals surface area contributed by atoms with Gasteiger partial charge in [0.25, 0.3) is 0 Å². The molecule has 1 aromatic carbocycles. The molecule has 1 N–H and O–H groups in total. The van der Waals surface area contributed by atoms with Crippen molar-refractivity contribution in [1.29, 1.82) is 0 Å². The van der Waals surface area contributed by atoms with Gasteiger partial charge in [-0.2, -0.15) is 14.3 Å². The first-order chi connectivity index (χ1) is 7.13. The lowest BCUT2D eigenvalue weighted by molar-refractivity contribution is -0.0509. The van der Waals surface area contributed by atoms with E-state index in [-0.39, 0.29) is 12.3 Å². The molecule has 0 aliphatic carbocycles. The van der Waals surface area contributed by atoms with Crippen molar-refractivity contribution in [3.8, 4) is 5.75 Å². The minimum Gasteiger partial charge on any atom is -0.434 e. The first kappa shape index (κ1) is 12.4. The van der Waals surface area contributed by atoms with E-state index in [4.69, 9.17) is 0 Å². The number of nitrogens with one attached hydrogen (secondary N) is 1. The maximum atomic E-state index is 12.0. The van der Waals surface area contributed by atoms with Crippen molar-refractivity contribution < 1.29 is 18.4 Å². The Hall–Kier alpha value is -0.720. The quantitative estimate of drug-likeness (QED) is 0.842. The molecule has 0 aliphatic heterocycles. The Bertz CT molecular complexity index is 323. The van der Waals surface area contributed by atoms with Gasteiger partial charge in [-0.3, -0.25) is 0 Å². The third-order valence-electron chi connectivity index (χ3n) is 1.65. The second-order valence-electron chi connectivity index (χ2n) is 2.66. The van der Waals surface area contributed by atoms with Crippen LogP contribution in [0.25, 0.3) is 0 Å². The van der Waals surface area contributed by atoms with Crippen LogP contribution >= 0.6 is 15.9 Å². The van der Waals surface area contributed by atoms with E-state index in [0.717, 1.165) is 4.47 Å². The first-order valence-electron chi connectivity index (χ1n) is 4.12. The van der Waals surface area contributed by atoms with Crippen molar-refractivity contribution in [2.45, 2.75) is 13.2 Å². The number of ether oxygens (including phenoxy) is 1. The number of hydrogen-bond donors (Lipinski definition) is 1. The topological polar surface area (TPSA) is 30.5 Å². The molecule has 0 unspecified atom stereocenters. The molecule has 0 saturated carbocycles. The van der Waals surface area contributed by atoms with E-state index in [1.165, 1.54) is 13.2 Å². The van der Waals surface area contributed by atoms with Crippen molar-refractivity contribution in [3.63, 3.8) is 0 Å². The lowest BCUT2D eigenvalue weighted by Crippen LogP contribution is -2.13. The second kappa shape index (κ2) is 5.99. The predicted molar refractivity (Wildman–Crippen MR) is 54.6 cm³/mol. The van der Waals surface area contributed by atoms with E-state index in [1.54, 1.807) is 12.1 Å². The zero-order valence-electron chi connectivity index (χ0n) is 7.97. The first-order valence-corrected chi connectivity index (χ1v) is 4.92. The normalized spacial score (nSPS) is 10.7. The number of hydroxylamine groups is 1. The molecule has 0 spiro atoms. The minimum absolute atomic E-state index is 0.137. The molecule has 6 heteroatoms. The molecule has 1 rings (SSSR count). The third kappa shape index (κ3) is 4.11. The minimum atomic E-state index is -2.83. The summed E-state index contributed by atoms with van der Waals surface area (Å²) in [7, 11) is 1.45. The number of halogens is 3. The van der Waals surface area contributed by atoms with Gasteiger partial charge in [0.2, 0.25) is 0 Å². The van der Waals surface area contributed by atoms with E-state index in [0.29, 0.717) is 5.56 Å². The highest BCUT2D eigenvalue weighted by Gasteiger charge is 2.09. The fraction of sp³-hybridized carbons (Fsp3) is 0.333. The predicted octanol–water partition coefficient (Wildman–Crippen LogP) is 2.70. The molecule has 15 heavy (non-hydrogen) atoms. The molecule has 0 aromatic heterocycles. The molecule has 0 aliphatic rings. The zero-order valence-corrected chi connectivity index (χ0v) is 9.55. The standard InChI is InChI=1S/C9H10BrF2NO2/c1-14-13-5-6-4-7(10)2-3-8(6)15-9(11)12/h2-4,9,13H,5H2,1H3. The molecule has 0 saturated heterocycles. The summed E-state index contributed by atoms with van der Waals surface area (Å²) in [6.45, 7) is -2.54. The largest absolute Gasteiger partial charge is 0.434 e. The van der Waals surface area contributed by atoms with E-state index < -0.39 is 6.61 Å². The van der Waals surface area contributed by atoms with Gasteiger partial charge in [0.05, 0.1) is 7.11 Å². The van der Waals surface area contributed by atoms with E-state index in [1.807, 2.05) is 0 Å². The molecule has 0 radical (unpaired) electrons. The Labute approximate surface area is 94.5 Å². The van der Waals surface area contributed by atoms with Crippen LogP contribution in [0.4, 0.5) is 8.78 Å². The second-order valence-corrected chi connectivity index (χ2v) is 3.57. The molecule has 0 atom stereocenters. The molecule has 0 bridgehead atoms. The summed E-state index contributed by atoms with van der Waals surface area (Å²) in [4.78, 5) is 4.64. The summed E-state index contributed by atoms with van der Waals surface area (Å²) in [6.07, 6.45) is 0. The van der Waals surface area contributed by atoms with Gasteiger partial charge in [-0.05, 0) is 18.2 Å². The van der Waals surface area contributed by atoms with Gasteiger partial charge in [-0.25, -0.2) is 0 Å². The van der Waals surface area contributed by atoms with Crippen LogP contribution in [0.15, 0.2) is 22.7 Å². The Balaban J connectivity index is 2.82. The van der Waals surface area contributed by atoms with E-state index in [9.17, 15) is 8.78 Å². The van der Waals surface area contributed by atoms with Gasteiger partial charge in [0.15, 0.2) is 0 Å². The van der Waals surface area contributed by atoms with Gasteiger partial charge in [0, 0.05) is 16.6 Å². The fourth-order valence-corrected chi connectivity index (χ4v) is 1.46. The molecule has 0 amide bonds. The SMILES string of the molecule is CONCc1cc(Br)ccc1OC(F)F. The molecular formula is C9H10BrF2NO2. The summed E-state index contributed by atoms with van der Waals surface area (Å²) < 4.78 is 29.2. The molecular weight excluding hydrogens is 272 g/mol. The van der Waals surface area contributed by atoms with Crippen molar-refractivity contribution in [3.05, 3.63) is 28.2 Å². The maximum Gasteiger partial charge on any atom is 0.387 e. The van der Waals surface area contributed by atoms with Crippen molar-refractivity contribution in [1.82, 2.24) is 5.48 Å². The van der Waals surface area contributed by atoms with Crippen molar-refractivity contribution in [2.24, 2.45) is 0 Å². The number of rotatable bonds is 5. The average Bonchev–Trinajstić information content (AvgIpc) is 2.18. The molecule has 84 valence electrons. The van der Waals surface area contributed by atoms with Gasteiger partial charge >= 0.3 is 6.61 Å². The van der Waals surface area contributed by atoms with Crippen LogP contribution in [-0.2, 0) is 11.4 Å². The number of alkyl halides is 2. The Morgan fingerprint density at radius 1 is 1.47 bits per heavy atom. The highest BCUT2D eigenvalue weighted by atomic mass is 79.9. The van der Waals surface area contributed by atoms with Crippen LogP contribution in [0.3, 0.4) is 0 Å². The van der Waals surface area contributed by atoms with Crippen LogP contribution in [0.1, 0.15) is 5.56 Å².